The molecule has 32 heavy (non-hydrogen) atoms. The van der Waals surface area contributed by atoms with E-state index >= 15 is 0 Å². The lowest BCUT2D eigenvalue weighted by atomic mass is 9.72. The number of hydrogen-bond donors (Lipinski definition) is 1. The summed E-state index contributed by atoms with van der Waals surface area (Å²) in [5.41, 5.74) is 3.30. The Morgan fingerprint density at radius 2 is 1.84 bits per heavy atom. The van der Waals surface area contributed by atoms with Crippen molar-refractivity contribution in [1.82, 2.24) is 9.80 Å². The Labute approximate surface area is 189 Å². The lowest BCUT2D eigenvalue weighted by Gasteiger charge is -2.52. The Morgan fingerprint density at radius 3 is 2.50 bits per heavy atom. The van der Waals surface area contributed by atoms with Crippen molar-refractivity contribution in [2.24, 2.45) is 5.92 Å². The first kappa shape index (κ1) is 22.0. The number of carbonyl (C=O) groups excluding carboxylic acids is 2. The number of carbonyl (C=O) groups is 2. The van der Waals surface area contributed by atoms with Crippen molar-refractivity contribution in [1.29, 1.82) is 5.26 Å². The number of aliphatic hydroxyl groups is 1. The van der Waals surface area contributed by atoms with Crippen molar-refractivity contribution in [2.75, 3.05) is 20.7 Å². The first-order valence-electron chi connectivity index (χ1n) is 11.2. The van der Waals surface area contributed by atoms with Crippen molar-refractivity contribution < 1.29 is 14.7 Å². The van der Waals surface area contributed by atoms with Gasteiger partial charge < -0.3 is 14.9 Å². The molecule has 1 aliphatic carbocycles. The van der Waals surface area contributed by atoms with E-state index in [0.717, 1.165) is 42.4 Å². The van der Waals surface area contributed by atoms with Crippen molar-refractivity contribution in [3.05, 3.63) is 59.7 Å². The average molecular weight is 432 g/mol. The van der Waals surface area contributed by atoms with Crippen molar-refractivity contribution in [3.8, 4) is 17.2 Å². The highest BCUT2D eigenvalue weighted by Crippen LogP contribution is 2.45. The third kappa shape index (κ3) is 3.78. The molecule has 2 aliphatic rings. The predicted molar refractivity (Wildman–Crippen MR) is 122 cm³/mol. The van der Waals surface area contributed by atoms with Gasteiger partial charge in [-0.1, -0.05) is 49.2 Å². The number of likely N-dealkylation sites (tertiary alicyclic amines) is 1. The van der Waals surface area contributed by atoms with Gasteiger partial charge in [0, 0.05) is 31.5 Å². The van der Waals surface area contributed by atoms with E-state index in [1.807, 2.05) is 42.5 Å². The number of nitrogens with zero attached hydrogens (tertiary/aromatic N) is 3. The maximum atomic E-state index is 13.1. The molecule has 0 spiro atoms. The largest absolute Gasteiger partial charge is 0.394 e. The van der Waals surface area contributed by atoms with Crippen LogP contribution in [0.1, 0.15) is 47.5 Å². The van der Waals surface area contributed by atoms with Crippen LogP contribution >= 0.6 is 0 Å². The van der Waals surface area contributed by atoms with Crippen LogP contribution in [-0.4, -0.2) is 59.5 Å². The first-order chi connectivity index (χ1) is 15.5. The number of rotatable bonds is 5. The van der Waals surface area contributed by atoms with E-state index in [1.165, 1.54) is 4.90 Å². The van der Waals surface area contributed by atoms with Crippen LogP contribution in [0.2, 0.25) is 0 Å². The van der Waals surface area contributed by atoms with E-state index in [-0.39, 0.29) is 30.3 Å². The molecule has 1 heterocycles. The van der Waals surface area contributed by atoms with Gasteiger partial charge in [0.25, 0.3) is 5.91 Å². The lowest BCUT2D eigenvalue weighted by molar-refractivity contribution is -0.151. The Bertz CT molecular complexity index is 1050. The molecule has 2 amide bonds. The second kappa shape index (κ2) is 9.13. The van der Waals surface area contributed by atoms with Gasteiger partial charge in [0.15, 0.2) is 0 Å². The minimum absolute atomic E-state index is 0.000378. The zero-order valence-corrected chi connectivity index (χ0v) is 18.6. The van der Waals surface area contributed by atoms with Gasteiger partial charge in [-0.05, 0) is 41.7 Å². The molecule has 0 bridgehead atoms. The highest BCUT2D eigenvalue weighted by molar-refractivity contribution is 5.95. The summed E-state index contributed by atoms with van der Waals surface area (Å²) in [6.07, 6.45) is 3.80. The highest BCUT2D eigenvalue weighted by atomic mass is 16.3. The van der Waals surface area contributed by atoms with Crippen LogP contribution in [0.25, 0.3) is 11.1 Å². The molecule has 2 aromatic carbocycles. The van der Waals surface area contributed by atoms with Crippen molar-refractivity contribution in [3.63, 3.8) is 0 Å². The molecule has 4 rings (SSSR count). The summed E-state index contributed by atoms with van der Waals surface area (Å²) >= 11 is 0. The van der Waals surface area contributed by atoms with Gasteiger partial charge in [-0.3, -0.25) is 9.59 Å². The summed E-state index contributed by atoms with van der Waals surface area (Å²) in [5, 5.41) is 20.1. The zero-order valence-electron chi connectivity index (χ0n) is 18.6. The molecule has 6 nitrogen and oxygen atoms in total. The summed E-state index contributed by atoms with van der Waals surface area (Å²) in [5.74, 6) is -0.394. The molecule has 0 aromatic heterocycles. The van der Waals surface area contributed by atoms with Crippen LogP contribution in [0.4, 0.5) is 0 Å². The SMILES string of the molecule is CN(C)C(=O)c1cccc(-c2ccccc2[C@@H]2[C@@H](C#N)N(C(=O)C3CCCC3)[C@@H]2CO)c1. The van der Waals surface area contributed by atoms with Gasteiger partial charge in [0.05, 0.1) is 18.7 Å². The molecule has 166 valence electrons. The topological polar surface area (TPSA) is 84.6 Å². The molecule has 0 unspecified atom stereocenters. The fourth-order valence-electron chi connectivity index (χ4n) is 5.20. The number of aliphatic hydroxyl groups excluding tert-OH is 1. The standard InChI is InChI=1S/C26H29N3O3/c1-28(2)25(31)19-11-7-10-18(14-19)20-12-5-6-13-21(20)24-22(15-27)29(23(24)16-30)26(32)17-8-3-4-9-17/h5-7,10-14,17,22-24,30H,3-4,8-9,16H2,1-2H3/t22-,23-,24-/m1/s1. The summed E-state index contributed by atoms with van der Waals surface area (Å²) in [6, 6.07) is 16.5. The summed E-state index contributed by atoms with van der Waals surface area (Å²) in [4.78, 5) is 28.7. The fourth-order valence-corrected chi connectivity index (χ4v) is 5.20. The molecule has 1 saturated heterocycles. The van der Waals surface area contributed by atoms with Gasteiger partial charge in [-0.25, -0.2) is 0 Å². The van der Waals surface area contributed by atoms with Gasteiger partial charge in [0.2, 0.25) is 5.91 Å². The Morgan fingerprint density at radius 1 is 1.12 bits per heavy atom. The Kier molecular flexibility index (Phi) is 6.29. The van der Waals surface area contributed by atoms with E-state index in [0.29, 0.717) is 5.56 Å². The second-order valence-electron chi connectivity index (χ2n) is 8.94. The summed E-state index contributed by atoms with van der Waals surface area (Å²) in [7, 11) is 3.44. The van der Waals surface area contributed by atoms with Gasteiger partial charge in [-0.2, -0.15) is 5.26 Å². The molecule has 2 fully saturated rings. The summed E-state index contributed by atoms with van der Waals surface area (Å²) < 4.78 is 0. The average Bonchev–Trinajstić information content (AvgIpc) is 3.34. The van der Waals surface area contributed by atoms with Gasteiger partial charge >= 0.3 is 0 Å². The van der Waals surface area contributed by atoms with Crippen LogP contribution in [0.3, 0.4) is 0 Å². The molecule has 1 aliphatic heterocycles. The van der Waals surface area contributed by atoms with Crippen LogP contribution in [0.15, 0.2) is 48.5 Å². The normalized spacial score (nSPS) is 22.8. The minimum Gasteiger partial charge on any atom is -0.394 e. The lowest BCUT2D eigenvalue weighted by Crippen LogP contribution is -2.66. The maximum absolute atomic E-state index is 13.1. The monoisotopic (exact) mass is 431 g/mol. The zero-order chi connectivity index (χ0) is 22.8. The summed E-state index contributed by atoms with van der Waals surface area (Å²) in [6.45, 7) is -0.186. The van der Waals surface area contributed by atoms with Crippen LogP contribution < -0.4 is 0 Å². The van der Waals surface area contributed by atoms with Gasteiger partial charge in [-0.15, -0.1) is 0 Å². The molecular weight excluding hydrogens is 402 g/mol. The number of amides is 2. The highest BCUT2D eigenvalue weighted by Gasteiger charge is 2.53. The van der Waals surface area contributed by atoms with Crippen LogP contribution in [0.5, 0.6) is 0 Å². The number of hydrogen-bond acceptors (Lipinski definition) is 4. The molecular formula is C26H29N3O3. The van der Waals surface area contributed by atoms with E-state index in [1.54, 1.807) is 25.1 Å². The van der Waals surface area contributed by atoms with Crippen molar-refractivity contribution in [2.45, 2.75) is 43.7 Å². The van der Waals surface area contributed by atoms with Crippen LogP contribution in [0, 0.1) is 17.2 Å². The number of nitriles is 1. The molecule has 0 radical (unpaired) electrons. The molecule has 1 N–H and O–H groups in total. The predicted octanol–water partition coefficient (Wildman–Crippen LogP) is 3.42. The Balaban J connectivity index is 1.69. The molecule has 3 atom stereocenters. The smallest absolute Gasteiger partial charge is 0.253 e. The second-order valence-corrected chi connectivity index (χ2v) is 8.94. The molecule has 1 saturated carbocycles. The van der Waals surface area contributed by atoms with E-state index < -0.39 is 12.1 Å². The third-order valence-electron chi connectivity index (χ3n) is 6.84. The number of benzene rings is 2. The fraction of sp³-hybridized carbons (Fsp3) is 0.423. The minimum atomic E-state index is -0.604. The maximum Gasteiger partial charge on any atom is 0.253 e. The first-order valence-corrected chi connectivity index (χ1v) is 11.2. The quantitative estimate of drug-likeness (QED) is 0.786. The third-order valence-corrected chi connectivity index (χ3v) is 6.84. The van der Waals surface area contributed by atoms with E-state index in [4.69, 9.17) is 0 Å². The molecule has 6 heteroatoms. The Hall–Kier alpha value is -3.17. The van der Waals surface area contributed by atoms with Crippen molar-refractivity contribution >= 4 is 11.8 Å². The van der Waals surface area contributed by atoms with E-state index in [9.17, 15) is 20.0 Å². The van der Waals surface area contributed by atoms with Crippen LogP contribution in [-0.2, 0) is 4.79 Å². The molecule has 2 aromatic rings. The van der Waals surface area contributed by atoms with E-state index in [2.05, 4.69) is 6.07 Å². The van der Waals surface area contributed by atoms with Gasteiger partial charge in [0.1, 0.15) is 6.04 Å².